The average Bonchev–Trinajstić information content (AvgIpc) is 2.39. The minimum atomic E-state index is -3.74. The van der Waals surface area contributed by atoms with E-state index >= 15 is 0 Å². The number of anilines is 2. The molecule has 0 aliphatic carbocycles. The molecule has 3 N–H and O–H groups in total. The second-order valence-electron chi connectivity index (χ2n) is 4.98. The average molecular weight is 369 g/mol. The van der Waals surface area contributed by atoms with Crippen molar-refractivity contribution in [3.05, 3.63) is 51.5 Å². The molecule has 0 aliphatic heterocycles. The molecule has 0 atom stereocenters. The first kappa shape index (κ1) is 15.9. The monoisotopic (exact) mass is 368 g/mol. The van der Waals surface area contributed by atoms with Crippen LogP contribution in [0, 0.1) is 20.8 Å². The fraction of sp³-hybridized carbons (Fsp3) is 0.200. The maximum absolute atomic E-state index is 12.6. The highest BCUT2D eigenvalue weighted by molar-refractivity contribution is 9.10. The highest BCUT2D eigenvalue weighted by atomic mass is 79.9. The number of hydrogen-bond acceptors (Lipinski definition) is 3. The van der Waals surface area contributed by atoms with E-state index in [0.29, 0.717) is 11.3 Å². The Balaban J connectivity index is 2.54. The minimum absolute atomic E-state index is 0.135. The predicted molar refractivity (Wildman–Crippen MR) is 90.0 cm³/mol. The lowest BCUT2D eigenvalue weighted by molar-refractivity contribution is 0.601. The first-order valence-electron chi connectivity index (χ1n) is 6.37. The Morgan fingerprint density at radius 1 is 1.00 bits per heavy atom. The number of rotatable bonds is 3. The smallest absolute Gasteiger partial charge is 0.264 e. The molecule has 0 aromatic heterocycles. The molecule has 0 saturated carbocycles. The van der Waals surface area contributed by atoms with Gasteiger partial charge in [0.2, 0.25) is 0 Å². The molecular weight excluding hydrogens is 352 g/mol. The van der Waals surface area contributed by atoms with Crippen molar-refractivity contribution in [1.82, 2.24) is 0 Å². The molecule has 0 bridgehead atoms. The van der Waals surface area contributed by atoms with Gasteiger partial charge in [0.05, 0.1) is 11.4 Å². The van der Waals surface area contributed by atoms with E-state index in [-0.39, 0.29) is 10.6 Å². The zero-order valence-electron chi connectivity index (χ0n) is 12.1. The third-order valence-electron chi connectivity index (χ3n) is 3.32. The van der Waals surface area contributed by atoms with E-state index in [4.69, 9.17) is 5.73 Å². The summed E-state index contributed by atoms with van der Waals surface area (Å²) in [7, 11) is -3.74. The van der Waals surface area contributed by atoms with E-state index < -0.39 is 10.0 Å². The SMILES string of the molecule is Cc1ccc(C)c(S(=O)(=O)Nc2cccc(C)c2Br)c1N. The van der Waals surface area contributed by atoms with Gasteiger partial charge in [0.25, 0.3) is 10.0 Å². The summed E-state index contributed by atoms with van der Waals surface area (Å²) < 4.78 is 28.6. The summed E-state index contributed by atoms with van der Waals surface area (Å²) in [4.78, 5) is 0.135. The lowest BCUT2D eigenvalue weighted by Crippen LogP contribution is -2.17. The van der Waals surface area contributed by atoms with Crippen LogP contribution in [-0.4, -0.2) is 8.42 Å². The fourth-order valence-electron chi connectivity index (χ4n) is 2.09. The number of nitrogens with one attached hydrogen (secondary N) is 1. The maximum Gasteiger partial charge on any atom is 0.264 e. The number of aryl methyl sites for hydroxylation is 3. The van der Waals surface area contributed by atoms with Gasteiger partial charge in [-0.05, 0) is 59.5 Å². The normalized spacial score (nSPS) is 11.4. The summed E-state index contributed by atoms with van der Waals surface area (Å²) in [5, 5.41) is 0. The molecule has 0 saturated heterocycles. The van der Waals surface area contributed by atoms with Crippen molar-refractivity contribution in [2.75, 3.05) is 10.5 Å². The second kappa shape index (κ2) is 5.69. The molecule has 2 aromatic carbocycles. The van der Waals surface area contributed by atoms with Gasteiger partial charge in [0.15, 0.2) is 0 Å². The predicted octanol–water partition coefficient (Wildman–Crippen LogP) is 3.76. The molecule has 21 heavy (non-hydrogen) atoms. The van der Waals surface area contributed by atoms with E-state index in [1.54, 1.807) is 32.0 Å². The lowest BCUT2D eigenvalue weighted by Gasteiger charge is -2.15. The van der Waals surface area contributed by atoms with Gasteiger partial charge in [-0.15, -0.1) is 0 Å². The van der Waals surface area contributed by atoms with Crippen LogP contribution in [0.3, 0.4) is 0 Å². The first-order valence-corrected chi connectivity index (χ1v) is 8.65. The van der Waals surface area contributed by atoms with Crippen molar-refractivity contribution >= 4 is 37.3 Å². The molecule has 112 valence electrons. The summed E-state index contributed by atoms with van der Waals surface area (Å²) in [5.74, 6) is 0. The molecule has 0 heterocycles. The Labute approximate surface area is 133 Å². The topological polar surface area (TPSA) is 72.2 Å². The minimum Gasteiger partial charge on any atom is -0.397 e. The molecular formula is C15H17BrN2O2S. The maximum atomic E-state index is 12.6. The zero-order valence-corrected chi connectivity index (χ0v) is 14.5. The molecule has 0 radical (unpaired) electrons. The van der Waals surface area contributed by atoms with Crippen molar-refractivity contribution in [2.45, 2.75) is 25.7 Å². The van der Waals surface area contributed by atoms with Gasteiger partial charge in [-0.1, -0.05) is 24.3 Å². The summed E-state index contributed by atoms with van der Waals surface area (Å²) in [5.41, 5.74) is 9.05. The second-order valence-corrected chi connectivity index (χ2v) is 7.40. The van der Waals surface area contributed by atoms with Crippen LogP contribution in [0.25, 0.3) is 0 Å². The van der Waals surface area contributed by atoms with E-state index in [1.807, 2.05) is 19.1 Å². The molecule has 6 heteroatoms. The van der Waals surface area contributed by atoms with Gasteiger partial charge in [0, 0.05) is 4.47 Å². The van der Waals surface area contributed by atoms with Crippen LogP contribution in [0.4, 0.5) is 11.4 Å². The molecule has 2 aromatic rings. The van der Waals surface area contributed by atoms with Gasteiger partial charge >= 0.3 is 0 Å². The summed E-state index contributed by atoms with van der Waals surface area (Å²) in [6, 6.07) is 8.96. The zero-order chi connectivity index (χ0) is 15.8. The molecule has 0 amide bonds. The third-order valence-corrected chi connectivity index (χ3v) is 5.94. The Morgan fingerprint density at radius 2 is 1.62 bits per heavy atom. The van der Waals surface area contributed by atoms with Crippen LogP contribution in [0.5, 0.6) is 0 Å². The molecule has 0 fully saturated rings. The molecule has 0 unspecified atom stereocenters. The van der Waals surface area contributed by atoms with Gasteiger partial charge < -0.3 is 5.73 Å². The van der Waals surface area contributed by atoms with Crippen molar-refractivity contribution < 1.29 is 8.42 Å². The van der Waals surface area contributed by atoms with Crippen LogP contribution < -0.4 is 10.5 Å². The van der Waals surface area contributed by atoms with Crippen LogP contribution >= 0.6 is 15.9 Å². The lowest BCUT2D eigenvalue weighted by atomic mass is 10.1. The largest absolute Gasteiger partial charge is 0.397 e. The van der Waals surface area contributed by atoms with Crippen LogP contribution in [0.1, 0.15) is 16.7 Å². The van der Waals surface area contributed by atoms with Crippen molar-refractivity contribution in [1.29, 1.82) is 0 Å². The van der Waals surface area contributed by atoms with Gasteiger partial charge in [-0.3, -0.25) is 4.72 Å². The summed E-state index contributed by atoms with van der Waals surface area (Å²) in [6.45, 7) is 5.42. The first-order chi connectivity index (χ1) is 9.74. The van der Waals surface area contributed by atoms with Crippen LogP contribution in [0.15, 0.2) is 39.7 Å². The standard InChI is InChI=1S/C15H17BrN2O2S/c1-9-5-4-6-12(13(9)16)18-21(19,20)15-11(3)8-7-10(2)14(15)17/h4-8,18H,17H2,1-3H3. The van der Waals surface area contributed by atoms with Gasteiger partial charge in [0.1, 0.15) is 4.90 Å². The van der Waals surface area contributed by atoms with E-state index in [0.717, 1.165) is 15.6 Å². The number of sulfonamides is 1. The number of nitrogens with two attached hydrogens (primary N) is 1. The van der Waals surface area contributed by atoms with Gasteiger partial charge in [-0.2, -0.15) is 0 Å². The van der Waals surface area contributed by atoms with E-state index in [1.165, 1.54) is 0 Å². The van der Waals surface area contributed by atoms with Gasteiger partial charge in [-0.25, -0.2) is 8.42 Å². The van der Waals surface area contributed by atoms with E-state index in [9.17, 15) is 8.42 Å². The number of benzene rings is 2. The van der Waals surface area contributed by atoms with E-state index in [2.05, 4.69) is 20.7 Å². The Bertz CT molecular complexity index is 802. The third kappa shape index (κ3) is 3.06. The molecule has 0 spiro atoms. The Morgan fingerprint density at radius 3 is 2.29 bits per heavy atom. The number of nitrogen functional groups attached to an aromatic ring is 1. The van der Waals surface area contributed by atoms with Crippen LogP contribution in [-0.2, 0) is 10.0 Å². The fourth-order valence-corrected chi connectivity index (χ4v) is 4.08. The number of hydrogen-bond donors (Lipinski definition) is 2. The summed E-state index contributed by atoms with van der Waals surface area (Å²) >= 11 is 3.40. The highest BCUT2D eigenvalue weighted by Crippen LogP contribution is 2.31. The van der Waals surface area contributed by atoms with Crippen molar-refractivity contribution in [3.8, 4) is 0 Å². The number of halogens is 1. The molecule has 0 aliphatic rings. The Hall–Kier alpha value is -1.53. The quantitative estimate of drug-likeness (QED) is 0.810. The molecule has 4 nitrogen and oxygen atoms in total. The van der Waals surface area contributed by atoms with Crippen molar-refractivity contribution in [2.24, 2.45) is 0 Å². The highest BCUT2D eigenvalue weighted by Gasteiger charge is 2.22. The summed E-state index contributed by atoms with van der Waals surface area (Å²) in [6.07, 6.45) is 0. The van der Waals surface area contributed by atoms with Crippen LogP contribution in [0.2, 0.25) is 0 Å². The Kier molecular flexibility index (Phi) is 4.30. The van der Waals surface area contributed by atoms with Crippen molar-refractivity contribution in [3.63, 3.8) is 0 Å². The molecule has 2 rings (SSSR count).